The number of rotatable bonds is 4. The number of esters is 1. The van der Waals surface area contributed by atoms with Gasteiger partial charge in [0.25, 0.3) is 9.05 Å². The zero-order valence-corrected chi connectivity index (χ0v) is 27.8. The molecular weight excluding hydrogens is 673 g/mol. The summed E-state index contributed by atoms with van der Waals surface area (Å²) in [6.07, 6.45) is 0. The van der Waals surface area contributed by atoms with E-state index >= 15 is 0 Å². The second kappa shape index (κ2) is 16.2. The fourth-order valence-electron chi connectivity index (χ4n) is 2.38. The van der Waals surface area contributed by atoms with Crippen molar-refractivity contribution < 1.29 is 22.3 Å². The van der Waals surface area contributed by atoms with Gasteiger partial charge in [0.15, 0.2) is 0 Å². The number of benzene rings is 3. The lowest BCUT2D eigenvalue weighted by atomic mass is 10.0. The molecule has 0 aliphatic rings. The van der Waals surface area contributed by atoms with E-state index in [2.05, 4.69) is 47.5 Å². The Labute approximate surface area is 233 Å². The fraction of sp³-hybridized carbons (Fsp3) is 0.0952. The minimum absolute atomic E-state index is 0.215. The highest BCUT2D eigenvalue weighted by atomic mass is 79.9. The van der Waals surface area contributed by atoms with Gasteiger partial charge >= 0.3 is 5.97 Å². The summed E-state index contributed by atoms with van der Waals surface area (Å²) >= 11 is 9.61. The van der Waals surface area contributed by atoms with E-state index < -0.39 is 20.8 Å². The van der Waals surface area contributed by atoms with Gasteiger partial charge in [0, 0.05) is 25.7 Å². The van der Waals surface area contributed by atoms with E-state index in [1.807, 2.05) is 30.3 Å². The molecule has 0 radical (unpaired) electrons. The average Bonchev–Trinajstić information content (AvgIpc) is 2.80. The molecule has 0 saturated heterocycles. The molecule has 0 spiro atoms. The van der Waals surface area contributed by atoms with Crippen LogP contribution in [0.2, 0.25) is 5.02 Å². The standard InChI is InChI=1S/C14H10BrClO2.C7H6ClFO2S.H7P5/c1-18-14(17)10-5-6-12(13(16)8-10)9-3-2-4-11(15)7-9;1-5-2-3-6(4-7(5)9)12(8,10)11;1-4-5(2)3/h2-8H,1H3;2-4H,1H3;4H,1-3H2. The quantitative estimate of drug-likeness (QED) is 0.155. The summed E-state index contributed by atoms with van der Waals surface area (Å²) in [4.78, 5) is 11.2. The third-order valence-electron chi connectivity index (χ3n) is 4.10. The Kier molecular flexibility index (Phi) is 15.4. The molecule has 35 heavy (non-hydrogen) atoms. The predicted octanol–water partition coefficient (Wildman–Crippen LogP) is 9.05. The van der Waals surface area contributed by atoms with Gasteiger partial charge in [-0.2, -0.15) is 0 Å². The molecule has 0 amide bonds. The molecule has 14 heteroatoms. The van der Waals surface area contributed by atoms with Gasteiger partial charge in [0.1, 0.15) is 5.82 Å². The summed E-state index contributed by atoms with van der Waals surface area (Å²) in [6, 6.07) is 16.5. The van der Waals surface area contributed by atoms with Gasteiger partial charge in [-0.25, -0.2) is 17.6 Å². The lowest BCUT2D eigenvalue weighted by Crippen LogP contribution is -2.00. The van der Waals surface area contributed by atoms with Crippen LogP contribution >= 0.6 is 79.9 Å². The van der Waals surface area contributed by atoms with Crippen molar-refractivity contribution in [2.45, 2.75) is 11.8 Å². The number of aryl methyl sites for hydroxylation is 1. The molecule has 0 aromatic heterocycles. The maximum absolute atomic E-state index is 12.8. The Balaban J connectivity index is 0.000000310. The number of halogens is 4. The number of methoxy groups -OCH3 is 1. The Bertz CT molecular complexity index is 1270. The van der Waals surface area contributed by atoms with Crippen molar-refractivity contribution in [1.82, 2.24) is 0 Å². The van der Waals surface area contributed by atoms with E-state index in [9.17, 15) is 17.6 Å². The largest absolute Gasteiger partial charge is 0.465 e. The summed E-state index contributed by atoms with van der Waals surface area (Å²) in [5.74, 6) is -0.964. The van der Waals surface area contributed by atoms with Crippen LogP contribution in [-0.4, -0.2) is 21.5 Å². The first-order chi connectivity index (χ1) is 16.3. The molecule has 0 bridgehead atoms. The molecule has 4 atom stereocenters. The monoisotopic (exact) mass is 694 g/mol. The van der Waals surface area contributed by atoms with Crippen LogP contribution in [0.25, 0.3) is 11.1 Å². The van der Waals surface area contributed by atoms with Crippen molar-refractivity contribution in [3.05, 3.63) is 87.1 Å². The van der Waals surface area contributed by atoms with Gasteiger partial charge in [-0.05, 0) is 61.4 Å². The zero-order chi connectivity index (χ0) is 26.8. The minimum atomic E-state index is -3.81. The van der Waals surface area contributed by atoms with Gasteiger partial charge in [0.2, 0.25) is 0 Å². The summed E-state index contributed by atoms with van der Waals surface area (Å²) in [7, 11) is 11.8. The van der Waals surface area contributed by atoms with Crippen molar-refractivity contribution in [2.75, 3.05) is 7.11 Å². The van der Waals surface area contributed by atoms with Gasteiger partial charge in [0.05, 0.1) is 17.6 Å². The topological polar surface area (TPSA) is 60.4 Å². The molecule has 3 aromatic rings. The minimum Gasteiger partial charge on any atom is -0.465 e. The Morgan fingerprint density at radius 3 is 2.20 bits per heavy atom. The number of carbonyl (C=O) groups excluding carboxylic acids is 1. The first-order valence-electron chi connectivity index (χ1n) is 9.40. The van der Waals surface area contributed by atoms with E-state index in [1.165, 1.54) is 19.2 Å². The highest BCUT2D eigenvalue weighted by Gasteiger charge is 2.11. The lowest BCUT2D eigenvalue weighted by molar-refractivity contribution is 0.0600. The Morgan fingerprint density at radius 1 is 1.11 bits per heavy atom. The van der Waals surface area contributed by atoms with Crippen LogP contribution in [0.3, 0.4) is 0 Å². The van der Waals surface area contributed by atoms with Crippen molar-refractivity contribution in [1.29, 1.82) is 0 Å². The van der Waals surface area contributed by atoms with Crippen molar-refractivity contribution in [2.24, 2.45) is 0 Å². The highest BCUT2D eigenvalue weighted by molar-refractivity contribution is 9.10. The Morgan fingerprint density at radius 2 is 1.74 bits per heavy atom. The average molecular weight is 696 g/mol. The van der Waals surface area contributed by atoms with E-state index in [4.69, 9.17) is 22.3 Å². The molecule has 4 unspecified atom stereocenters. The van der Waals surface area contributed by atoms with Crippen molar-refractivity contribution >= 4 is 95.0 Å². The van der Waals surface area contributed by atoms with Crippen LogP contribution in [0.1, 0.15) is 15.9 Å². The van der Waals surface area contributed by atoms with Gasteiger partial charge in [-0.3, -0.25) is 0 Å². The van der Waals surface area contributed by atoms with E-state index in [1.54, 1.807) is 19.1 Å². The lowest BCUT2D eigenvalue weighted by Gasteiger charge is -2.07. The van der Waals surface area contributed by atoms with Crippen LogP contribution in [-0.2, 0) is 13.8 Å². The van der Waals surface area contributed by atoms with Crippen LogP contribution in [0.5, 0.6) is 0 Å². The number of carbonyl (C=O) groups is 1. The molecular formula is C21H23BrCl2FO4P5S. The summed E-state index contributed by atoms with van der Waals surface area (Å²) in [5, 5.41) is 0.524. The molecule has 0 heterocycles. The maximum atomic E-state index is 12.8. The number of ether oxygens (including phenoxy) is 1. The van der Waals surface area contributed by atoms with E-state index in [-0.39, 0.29) is 11.9 Å². The molecule has 0 N–H and O–H groups in total. The third kappa shape index (κ3) is 12.1. The van der Waals surface area contributed by atoms with E-state index in [0.717, 1.165) is 29.6 Å². The maximum Gasteiger partial charge on any atom is 0.337 e. The molecule has 190 valence electrons. The van der Waals surface area contributed by atoms with Crippen LogP contribution in [0.15, 0.2) is 70.0 Å². The van der Waals surface area contributed by atoms with Crippen molar-refractivity contribution in [3.63, 3.8) is 0 Å². The molecule has 0 aliphatic heterocycles. The third-order valence-corrected chi connectivity index (χ3v) is 18.2. The normalized spacial score (nSPS) is 10.9. The first kappa shape index (κ1) is 33.2. The molecule has 4 nitrogen and oxygen atoms in total. The van der Waals surface area contributed by atoms with Gasteiger partial charge in [-0.15, -0.1) is 26.8 Å². The van der Waals surface area contributed by atoms with Crippen LogP contribution in [0.4, 0.5) is 4.39 Å². The molecule has 3 aromatic carbocycles. The molecule has 0 aliphatic carbocycles. The van der Waals surface area contributed by atoms with Crippen molar-refractivity contribution in [3.8, 4) is 11.1 Å². The molecule has 0 saturated carbocycles. The second-order valence-electron chi connectivity index (χ2n) is 6.58. The first-order valence-corrected chi connectivity index (χ1v) is 21.1. The molecule has 3 rings (SSSR count). The van der Waals surface area contributed by atoms with Crippen LogP contribution in [0, 0.1) is 12.7 Å². The zero-order valence-electron chi connectivity index (χ0n) is 18.5. The van der Waals surface area contributed by atoms with Gasteiger partial charge < -0.3 is 4.74 Å². The van der Waals surface area contributed by atoms with Gasteiger partial charge in [-0.1, -0.05) is 59.8 Å². The summed E-state index contributed by atoms with van der Waals surface area (Å²) < 4.78 is 39.8. The fourth-order valence-corrected chi connectivity index (χ4v) is 3.83. The molecule has 0 fully saturated rings. The number of hydrogen-bond acceptors (Lipinski definition) is 4. The SMILES string of the molecule is COC(=O)c1ccc(-c2cccc(Br)c2)c(Cl)c1.Cc1ccc(S(=O)(=O)Cl)cc1F.PPP(P)P. The highest BCUT2D eigenvalue weighted by Crippen LogP contribution is 2.71. The smallest absolute Gasteiger partial charge is 0.337 e. The summed E-state index contributed by atoms with van der Waals surface area (Å²) in [6.45, 7) is 1.77. The number of hydrogen-bond donors (Lipinski definition) is 0. The summed E-state index contributed by atoms with van der Waals surface area (Å²) in [5.41, 5.74) is 2.71. The van der Waals surface area contributed by atoms with Crippen LogP contribution < -0.4 is 0 Å². The predicted molar refractivity (Wildman–Crippen MR) is 164 cm³/mol. The second-order valence-corrected chi connectivity index (χ2v) is 24.4. The Hall–Kier alpha value is 0.220. The van der Waals surface area contributed by atoms with E-state index in [0.29, 0.717) is 16.1 Å².